The molecule has 3 aromatic rings. The van der Waals surface area contributed by atoms with Gasteiger partial charge in [-0.05, 0) is 30.8 Å². The van der Waals surface area contributed by atoms with E-state index in [4.69, 9.17) is 15.7 Å². The third kappa shape index (κ3) is 5.10. The molecule has 0 aliphatic carbocycles. The number of fused-ring (bicyclic) bond motifs is 1. The van der Waals surface area contributed by atoms with Crippen molar-refractivity contribution in [2.75, 3.05) is 31.9 Å². The third-order valence-corrected chi connectivity index (χ3v) is 7.37. The maximum absolute atomic E-state index is 12.5. The normalized spacial score (nSPS) is 22.6. The van der Waals surface area contributed by atoms with E-state index in [1.807, 2.05) is 17.9 Å². The number of imidazole rings is 1. The van der Waals surface area contributed by atoms with Gasteiger partial charge in [-0.2, -0.15) is 5.26 Å². The Labute approximate surface area is 201 Å². The molecule has 5 N–H and O–H groups in total. The Morgan fingerprint density at radius 2 is 1.97 bits per heavy atom. The minimum Gasteiger partial charge on any atom is -0.387 e. The van der Waals surface area contributed by atoms with Gasteiger partial charge in [0, 0.05) is 19.6 Å². The molecule has 0 radical (unpaired) electrons. The van der Waals surface area contributed by atoms with Crippen molar-refractivity contribution in [2.24, 2.45) is 0 Å². The minimum atomic E-state index is -3.74. The quantitative estimate of drug-likeness (QED) is 0.286. The van der Waals surface area contributed by atoms with Gasteiger partial charge >= 0.3 is 0 Å². The van der Waals surface area contributed by atoms with Gasteiger partial charge in [0.25, 0.3) is 0 Å². The van der Waals surface area contributed by atoms with Gasteiger partial charge in [0.2, 0.25) is 10.0 Å². The summed E-state index contributed by atoms with van der Waals surface area (Å²) in [6.45, 7) is 3.18. The number of benzene rings is 1. The SMILES string of the molecule is CCN(CCNS(=O)(=O)c1ccc(C#N)cc1)C[C@H]1O[C@@H](n2cnc3c(N)ncnc32)[C@H](O)[C@@H]1O. The number of aliphatic hydroxyl groups is 2. The number of aromatic nitrogens is 4. The highest BCUT2D eigenvalue weighted by Crippen LogP contribution is 2.32. The number of nitriles is 1. The van der Waals surface area contributed by atoms with Crippen LogP contribution in [0.5, 0.6) is 0 Å². The molecule has 0 amide bonds. The summed E-state index contributed by atoms with van der Waals surface area (Å²) in [5, 5.41) is 30.1. The molecule has 0 unspecified atom stereocenters. The van der Waals surface area contributed by atoms with Crippen LogP contribution >= 0.6 is 0 Å². The van der Waals surface area contributed by atoms with Gasteiger partial charge in [0.05, 0.1) is 22.9 Å². The van der Waals surface area contributed by atoms with Gasteiger partial charge in [-0.15, -0.1) is 0 Å². The Morgan fingerprint density at radius 3 is 2.66 bits per heavy atom. The zero-order valence-corrected chi connectivity index (χ0v) is 19.7. The molecule has 1 fully saturated rings. The lowest BCUT2D eigenvalue weighted by Crippen LogP contribution is -2.42. The van der Waals surface area contributed by atoms with E-state index >= 15 is 0 Å². The standard InChI is InChI=1S/C21H26N8O5S/c1-2-28(8-7-27-35(32,33)14-5-3-13(9-22)4-6-14)10-15-17(30)18(31)21(34-15)29-12-26-16-19(23)24-11-25-20(16)29/h3-6,11-12,15,17-18,21,27,30-31H,2,7-8,10H2,1H3,(H2,23,24,25)/t15-,17-,18-,21-/m1/s1. The predicted octanol–water partition coefficient (Wildman–Crippen LogP) is -0.800. The highest BCUT2D eigenvalue weighted by molar-refractivity contribution is 7.89. The summed E-state index contributed by atoms with van der Waals surface area (Å²) in [6.07, 6.45) is -1.37. The zero-order valence-electron chi connectivity index (χ0n) is 18.9. The summed E-state index contributed by atoms with van der Waals surface area (Å²) in [5.74, 6) is 0.193. The van der Waals surface area contributed by atoms with E-state index in [0.717, 1.165) is 0 Å². The molecule has 4 atom stereocenters. The monoisotopic (exact) mass is 502 g/mol. The topological polar surface area (TPSA) is 193 Å². The van der Waals surface area contributed by atoms with E-state index in [1.54, 1.807) is 0 Å². The highest BCUT2D eigenvalue weighted by Gasteiger charge is 2.44. The minimum absolute atomic E-state index is 0.0667. The lowest BCUT2D eigenvalue weighted by Gasteiger charge is -2.25. The molecule has 186 valence electrons. The van der Waals surface area contributed by atoms with Crippen molar-refractivity contribution in [3.05, 3.63) is 42.5 Å². The van der Waals surface area contributed by atoms with Crippen LogP contribution in [0.1, 0.15) is 18.7 Å². The number of nitrogens with two attached hydrogens (primary N) is 1. The molecule has 14 heteroatoms. The van der Waals surface area contributed by atoms with Crippen LogP contribution in [0.15, 0.2) is 41.8 Å². The van der Waals surface area contributed by atoms with Crippen molar-refractivity contribution in [1.82, 2.24) is 29.1 Å². The molecule has 1 aliphatic rings. The van der Waals surface area contributed by atoms with Crippen molar-refractivity contribution >= 4 is 27.0 Å². The summed E-state index contributed by atoms with van der Waals surface area (Å²) in [7, 11) is -3.74. The average molecular weight is 503 g/mol. The Hall–Kier alpha value is -3.19. The van der Waals surface area contributed by atoms with Crippen molar-refractivity contribution in [3.8, 4) is 6.07 Å². The van der Waals surface area contributed by atoms with Crippen LogP contribution in [0, 0.1) is 11.3 Å². The first kappa shape index (κ1) is 24.9. The number of likely N-dealkylation sites (N-methyl/N-ethyl adjacent to an activating group) is 1. The highest BCUT2D eigenvalue weighted by atomic mass is 32.2. The van der Waals surface area contributed by atoms with E-state index in [9.17, 15) is 18.6 Å². The van der Waals surface area contributed by atoms with E-state index in [-0.39, 0.29) is 23.8 Å². The lowest BCUT2D eigenvalue weighted by atomic mass is 10.1. The van der Waals surface area contributed by atoms with Crippen LogP contribution in [-0.2, 0) is 14.8 Å². The van der Waals surface area contributed by atoms with Gasteiger partial charge in [-0.3, -0.25) is 9.47 Å². The van der Waals surface area contributed by atoms with E-state index in [2.05, 4.69) is 19.7 Å². The molecular formula is C21H26N8O5S. The molecule has 0 spiro atoms. The number of rotatable bonds is 9. The van der Waals surface area contributed by atoms with Crippen LogP contribution in [0.3, 0.4) is 0 Å². The smallest absolute Gasteiger partial charge is 0.240 e. The fourth-order valence-corrected chi connectivity index (χ4v) is 4.95. The number of nitrogen functional groups attached to an aromatic ring is 1. The van der Waals surface area contributed by atoms with Crippen molar-refractivity contribution in [1.29, 1.82) is 5.26 Å². The van der Waals surface area contributed by atoms with Crippen molar-refractivity contribution in [3.63, 3.8) is 0 Å². The van der Waals surface area contributed by atoms with Gasteiger partial charge in [0.1, 0.15) is 30.2 Å². The van der Waals surface area contributed by atoms with Crippen molar-refractivity contribution in [2.45, 2.75) is 36.4 Å². The van der Waals surface area contributed by atoms with E-state index in [0.29, 0.717) is 29.8 Å². The Kier molecular flexibility index (Phi) is 7.26. The van der Waals surface area contributed by atoms with Gasteiger partial charge in [-0.25, -0.2) is 28.1 Å². The van der Waals surface area contributed by atoms with Crippen LogP contribution in [-0.4, -0.2) is 87.5 Å². The summed E-state index contributed by atoms with van der Waals surface area (Å²) < 4.78 is 35.0. The van der Waals surface area contributed by atoms with Crippen molar-refractivity contribution < 1.29 is 23.4 Å². The zero-order chi connectivity index (χ0) is 25.2. The second-order valence-electron chi connectivity index (χ2n) is 8.06. The molecule has 1 aromatic carbocycles. The summed E-state index contributed by atoms with van der Waals surface area (Å²) in [4.78, 5) is 14.2. The Bertz CT molecular complexity index is 1320. The van der Waals surface area contributed by atoms with Crippen LogP contribution in [0.25, 0.3) is 11.2 Å². The molecule has 4 rings (SSSR count). The number of nitrogens with one attached hydrogen (secondary N) is 1. The second-order valence-corrected chi connectivity index (χ2v) is 9.82. The molecule has 0 bridgehead atoms. The summed E-state index contributed by atoms with van der Waals surface area (Å²) >= 11 is 0. The molecule has 2 aromatic heterocycles. The molecule has 13 nitrogen and oxygen atoms in total. The fraction of sp³-hybridized carbons (Fsp3) is 0.429. The Balaban J connectivity index is 1.37. The number of hydrogen-bond donors (Lipinski definition) is 4. The van der Waals surface area contributed by atoms with Gasteiger partial charge in [-0.1, -0.05) is 6.92 Å². The predicted molar refractivity (Wildman–Crippen MR) is 124 cm³/mol. The summed E-state index contributed by atoms with van der Waals surface area (Å²) in [6, 6.07) is 7.58. The molecular weight excluding hydrogens is 476 g/mol. The first-order valence-electron chi connectivity index (χ1n) is 10.9. The molecule has 3 heterocycles. The lowest BCUT2D eigenvalue weighted by molar-refractivity contribution is -0.0435. The maximum Gasteiger partial charge on any atom is 0.240 e. The number of sulfonamides is 1. The van der Waals surface area contributed by atoms with Gasteiger partial charge < -0.3 is 20.7 Å². The maximum atomic E-state index is 12.5. The van der Waals surface area contributed by atoms with E-state index in [1.165, 1.54) is 41.5 Å². The first-order valence-corrected chi connectivity index (χ1v) is 12.4. The molecule has 35 heavy (non-hydrogen) atoms. The van der Waals surface area contributed by atoms with Crippen LogP contribution < -0.4 is 10.5 Å². The second kappa shape index (κ2) is 10.2. The number of hydrogen-bond acceptors (Lipinski definition) is 11. The molecule has 1 aliphatic heterocycles. The summed E-state index contributed by atoms with van der Waals surface area (Å²) in [5.41, 5.74) is 6.93. The average Bonchev–Trinajstić information content (AvgIpc) is 3.40. The van der Waals surface area contributed by atoms with Crippen LogP contribution in [0.4, 0.5) is 5.82 Å². The van der Waals surface area contributed by atoms with Gasteiger partial charge in [0.15, 0.2) is 17.7 Å². The molecule has 1 saturated heterocycles. The van der Waals surface area contributed by atoms with Crippen LogP contribution in [0.2, 0.25) is 0 Å². The Morgan fingerprint density at radius 1 is 1.23 bits per heavy atom. The van der Waals surface area contributed by atoms with E-state index < -0.39 is 34.6 Å². The fourth-order valence-electron chi connectivity index (χ4n) is 3.93. The first-order chi connectivity index (χ1) is 16.7. The number of nitrogens with zero attached hydrogens (tertiary/aromatic N) is 6. The molecule has 0 saturated carbocycles. The third-order valence-electron chi connectivity index (χ3n) is 5.90. The number of anilines is 1. The largest absolute Gasteiger partial charge is 0.387 e. The number of ether oxygens (including phenoxy) is 1. The number of aliphatic hydroxyl groups excluding tert-OH is 2.